The molecule has 0 aliphatic heterocycles. The van der Waals surface area contributed by atoms with E-state index in [2.05, 4.69) is 0 Å². The van der Waals surface area contributed by atoms with E-state index in [0.29, 0.717) is 13.0 Å². The van der Waals surface area contributed by atoms with E-state index >= 15 is 0 Å². The fraction of sp³-hybridized carbons (Fsp3) is 0.455. The molecule has 0 spiro atoms. The Balaban J connectivity index is 2.89. The first-order chi connectivity index (χ1) is 7.09. The van der Waals surface area contributed by atoms with E-state index in [4.69, 9.17) is 5.73 Å². The van der Waals surface area contributed by atoms with Gasteiger partial charge in [-0.1, -0.05) is 31.2 Å². The van der Waals surface area contributed by atoms with Gasteiger partial charge in [0.25, 0.3) is 0 Å². The predicted molar refractivity (Wildman–Crippen MR) is 62.1 cm³/mol. The lowest BCUT2D eigenvalue weighted by Crippen LogP contribution is -2.11. The van der Waals surface area contributed by atoms with E-state index < -0.39 is 9.84 Å². The molecule has 0 bridgehead atoms. The van der Waals surface area contributed by atoms with Crippen molar-refractivity contribution in [2.24, 2.45) is 5.73 Å². The summed E-state index contributed by atoms with van der Waals surface area (Å²) in [5, 5.41) is 0. The lowest BCUT2D eigenvalue weighted by atomic mass is 10.1. The van der Waals surface area contributed by atoms with Crippen LogP contribution in [0.5, 0.6) is 0 Å². The minimum atomic E-state index is -2.97. The van der Waals surface area contributed by atoms with Gasteiger partial charge in [0.1, 0.15) is 0 Å². The molecule has 0 heterocycles. The van der Waals surface area contributed by atoms with Gasteiger partial charge in [0.2, 0.25) is 0 Å². The lowest BCUT2D eigenvalue weighted by molar-refractivity contribution is 0.593. The van der Waals surface area contributed by atoms with Crippen LogP contribution in [0.1, 0.15) is 24.5 Å². The van der Waals surface area contributed by atoms with Crippen LogP contribution in [0.2, 0.25) is 0 Å². The summed E-state index contributed by atoms with van der Waals surface area (Å²) in [7, 11) is -2.97. The quantitative estimate of drug-likeness (QED) is 0.828. The van der Waals surface area contributed by atoms with Crippen molar-refractivity contribution in [3.63, 3.8) is 0 Å². The molecular formula is C11H17NO2S. The van der Waals surface area contributed by atoms with E-state index in [9.17, 15) is 8.42 Å². The second-order valence-electron chi connectivity index (χ2n) is 3.56. The SMILES string of the molecule is CCCS(=O)(=O)Cc1ccccc1CN. The monoisotopic (exact) mass is 227 g/mol. The van der Waals surface area contributed by atoms with E-state index in [1.807, 2.05) is 31.2 Å². The number of benzene rings is 1. The molecule has 1 aromatic rings. The molecular weight excluding hydrogens is 210 g/mol. The molecule has 0 fully saturated rings. The van der Waals surface area contributed by atoms with Gasteiger partial charge in [0.15, 0.2) is 9.84 Å². The van der Waals surface area contributed by atoms with Gasteiger partial charge in [-0.3, -0.25) is 0 Å². The number of rotatable bonds is 5. The summed E-state index contributed by atoms with van der Waals surface area (Å²) < 4.78 is 23.3. The molecule has 1 aromatic carbocycles. The molecule has 0 aromatic heterocycles. The maximum atomic E-state index is 11.6. The van der Waals surface area contributed by atoms with E-state index in [1.165, 1.54) is 0 Å². The largest absolute Gasteiger partial charge is 0.326 e. The average Bonchev–Trinajstić information content (AvgIpc) is 2.17. The summed E-state index contributed by atoms with van der Waals surface area (Å²) >= 11 is 0. The van der Waals surface area contributed by atoms with Crippen molar-refractivity contribution in [2.75, 3.05) is 5.75 Å². The second-order valence-corrected chi connectivity index (χ2v) is 5.75. The highest BCUT2D eigenvalue weighted by Gasteiger charge is 2.12. The zero-order chi connectivity index (χ0) is 11.3. The fourth-order valence-electron chi connectivity index (χ4n) is 1.52. The Morgan fingerprint density at radius 3 is 2.33 bits per heavy atom. The minimum Gasteiger partial charge on any atom is -0.326 e. The Labute approximate surface area is 91.2 Å². The summed E-state index contributed by atoms with van der Waals surface area (Å²) in [6, 6.07) is 7.42. The molecule has 0 saturated carbocycles. The van der Waals surface area contributed by atoms with Crippen molar-refractivity contribution in [3.8, 4) is 0 Å². The number of nitrogens with two attached hydrogens (primary N) is 1. The highest BCUT2D eigenvalue weighted by Crippen LogP contribution is 2.12. The molecule has 4 heteroatoms. The van der Waals surface area contributed by atoms with E-state index in [-0.39, 0.29) is 11.5 Å². The first kappa shape index (κ1) is 12.2. The van der Waals surface area contributed by atoms with E-state index in [1.54, 1.807) is 0 Å². The standard InChI is InChI=1S/C11H17NO2S/c1-2-7-15(13,14)9-11-6-4-3-5-10(11)8-12/h3-6H,2,7-9,12H2,1H3. The number of sulfone groups is 1. The number of hydrogen-bond donors (Lipinski definition) is 1. The molecule has 0 radical (unpaired) electrons. The first-order valence-corrected chi connectivity index (χ1v) is 6.88. The maximum Gasteiger partial charge on any atom is 0.154 e. The third-order valence-electron chi connectivity index (χ3n) is 2.23. The van der Waals surface area contributed by atoms with Crippen molar-refractivity contribution in [2.45, 2.75) is 25.6 Å². The number of hydrogen-bond acceptors (Lipinski definition) is 3. The summed E-state index contributed by atoms with van der Waals surface area (Å²) in [5.41, 5.74) is 7.29. The Bertz CT molecular complexity index is 412. The van der Waals surface area contributed by atoms with Crippen LogP contribution in [0.4, 0.5) is 0 Å². The van der Waals surface area contributed by atoms with Crippen LogP contribution in [0, 0.1) is 0 Å². The highest BCUT2D eigenvalue weighted by molar-refractivity contribution is 7.90. The normalized spacial score (nSPS) is 11.6. The molecule has 84 valence electrons. The van der Waals surface area contributed by atoms with Gasteiger partial charge in [-0.05, 0) is 17.5 Å². The van der Waals surface area contributed by atoms with Crippen LogP contribution in [0.25, 0.3) is 0 Å². The Morgan fingerprint density at radius 2 is 1.80 bits per heavy atom. The zero-order valence-electron chi connectivity index (χ0n) is 8.94. The Morgan fingerprint density at radius 1 is 1.20 bits per heavy atom. The average molecular weight is 227 g/mol. The predicted octanol–water partition coefficient (Wildman–Crippen LogP) is 1.47. The topological polar surface area (TPSA) is 60.2 Å². The highest BCUT2D eigenvalue weighted by atomic mass is 32.2. The third-order valence-corrected chi connectivity index (χ3v) is 4.01. The summed E-state index contributed by atoms with van der Waals surface area (Å²) in [6.07, 6.45) is 0.660. The second kappa shape index (κ2) is 5.28. The van der Waals surface area contributed by atoms with Gasteiger partial charge in [0.05, 0.1) is 11.5 Å². The van der Waals surface area contributed by atoms with Gasteiger partial charge in [-0.15, -0.1) is 0 Å². The molecule has 3 nitrogen and oxygen atoms in total. The van der Waals surface area contributed by atoms with Crippen molar-refractivity contribution in [1.82, 2.24) is 0 Å². The lowest BCUT2D eigenvalue weighted by Gasteiger charge is -2.07. The molecule has 1 rings (SSSR count). The van der Waals surface area contributed by atoms with Crippen molar-refractivity contribution in [3.05, 3.63) is 35.4 Å². The molecule has 15 heavy (non-hydrogen) atoms. The van der Waals surface area contributed by atoms with Crippen LogP contribution < -0.4 is 5.73 Å². The van der Waals surface area contributed by atoms with Crippen molar-refractivity contribution in [1.29, 1.82) is 0 Å². The van der Waals surface area contributed by atoms with Crippen LogP contribution in [0.15, 0.2) is 24.3 Å². The van der Waals surface area contributed by atoms with Gasteiger partial charge in [-0.2, -0.15) is 0 Å². The minimum absolute atomic E-state index is 0.105. The van der Waals surface area contributed by atoms with E-state index in [0.717, 1.165) is 11.1 Å². The van der Waals surface area contributed by atoms with Gasteiger partial charge >= 0.3 is 0 Å². The molecule has 0 aliphatic carbocycles. The van der Waals surface area contributed by atoms with Crippen LogP contribution in [-0.4, -0.2) is 14.2 Å². The van der Waals surface area contributed by atoms with Crippen LogP contribution >= 0.6 is 0 Å². The molecule has 0 amide bonds. The van der Waals surface area contributed by atoms with Crippen LogP contribution in [0.3, 0.4) is 0 Å². The van der Waals surface area contributed by atoms with Gasteiger partial charge in [0, 0.05) is 6.54 Å². The molecule has 0 saturated heterocycles. The fourth-order valence-corrected chi connectivity index (χ4v) is 3.04. The summed E-state index contributed by atoms with van der Waals surface area (Å²) in [4.78, 5) is 0. The summed E-state index contributed by atoms with van der Waals surface area (Å²) in [6.45, 7) is 2.25. The molecule has 2 N–H and O–H groups in total. The van der Waals surface area contributed by atoms with Crippen LogP contribution in [-0.2, 0) is 22.1 Å². The molecule has 0 aliphatic rings. The van der Waals surface area contributed by atoms with Gasteiger partial charge < -0.3 is 5.73 Å². The van der Waals surface area contributed by atoms with Crippen molar-refractivity contribution < 1.29 is 8.42 Å². The first-order valence-electron chi connectivity index (χ1n) is 5.06. The molecule has 0 atom stereocenters. The van der Waals surface area contributed by atoms with Gasteiger partial charge in [-0.25, -0.2) is 8.42 Å². The molecule has 0 unspecified atom stereocenters. The Hall–Kier alpha value is -0.870. The maximum absolute atomic E-state index is 11.6. The third kappa shape index (κ3) is 3.64. The summed E-state index contributed by atoms with van der Waals surface area (Å²) in [5.74, 6) is 0.347. The van der Waals surface area contributed by atoms with Crippen molar-refractivity contribution >= 4 is 9.84 Å². The smallest absolute Gasteiger partial charge is 0.154 e. The zero-order valence-corrected chi connectivity index (χ0v) is 9.76. The Kier molecular flexibility index (Phi) is 4.29.